The monoisotopic (exact) mass is 421 g/mol. The van der Waals surface area contributed by atoms with E-state index in [4.69, 9.17) is 13.9 Å². The summed E-state index contributed by atoms with van der Waals surface area (Å²) in [6.07, 6.45) is 1.30. The van der Waals surface area contributed by atoms with Crippen LogP contribution in [0.15, 0.2) is 53.2 Å². The van der Waals surface area contributed by atoms with Crippen LogP contribution in [-0.2, 0) is 11.8 Å². The van der Waals surface area contributed by atoms with Gasteiger partial charge in [-0.3, -0.25) is 4.57 Å². The first-order valence-corrected chi connectivity index (χ1v) is 9.53. The van der Waals surface area contributed by atoms with Crippen molar-refractivity contribution in [2.45, 2.75) is 13.8 Å². The van der Waals surface area contributed by atoms with Gasteiger partial charge in [0.25, 0.3) is 0 Å². The van der Waals surface area contributed by atoms with Crippen LogP contribution < -0.4 is 4.74 Å². The Balaban J connectivity index is 1.84. The van der Waals surface area contributed by atoms with Crippen molar-refractivity contribution in [2.75, 3.05) is 6.61 Å². The van der Waals surface area contributed by atoms with Crippen molar-refractivity contribution >= 4 is 22.8 Å². The molecule has 0 aliphatic heterocycles. The predicted octanol–water partition coefficient (Wildman–Crippen LogP) is 5.02. The van der Waals surface area contributed by atoms with Crippen molar-refractivity contribution in [1.82, 2.24) is 9.55 Å². The summed E-state index contributed by atoms with van der Waals surface area (Å²) in [5.74, 6) is -0.274. The molecule has 0 atom stereocenters. The lowest BCUT2D eigenvalue weighted by Gasteiger charge is -2.06. The van der Waals surface area contributed by atoms with Gasteiger partial charge in [0.2, 0.25) is 6.33 Å². The van der Waals surface area contributed by atoms with Crippen LogP contribution in [0.1, 0.15) is 22.8 Å². The lowest BCUT2D eigenvalue weighted by molar-refractivity contribution is -0.390. The first kappa shape index (κ1) is 20.1. The van der Waals surface area contributed by atoms with Gasteiger partial charge in [-0.1, -0.05) is 29.8 Å². The maximum atomic E-state index is 12.8. The number of esters is 1. The first-order chi connectivity index (χ1) is 14.9. The number of fused-ring (bicyclic) bond motifs is 1. The molecule has 0 fully saturated rings. The van der Waals surface area contributed by atoms with Crippen molar-refractivity contribution in [1.29, 1.82) is 0 Å². The number of hydrogen-bond donors (Lipinski definition) is 0. The van der Waals surface area contributed by atoms with E-state index < -0.39 is 16.7 Å². The number of nitrogens with zero attached hydrogens (tertiary/aromatic N) is 3. The van der Waals surface area contributed by atoms with E-state index in [2.05, 4.69) is 4.98 Å². The summed E-state index contributed by atoms with van der Waals surface area (Å²) in [6.45, 7) is 3.90. The van der Waals surface area contributed by atoms with Gasteiger partial charge in [0.15, 0.2) is 0 Å². The summed E-state index contributed by atoms with van der Waals surface area (Å²) < 4.78 is 18.4. The highest BCUT2D eigenvalue weighted by Gasteiger charge is 2.26. The molecule has 0 bridgehead atoms. The van der Waals surface area contributed by atoms with Gasteiger partial charge in [0.1, 0.15) is 22.7 Å². The summed E-state index contributed by atoms with van der Waals surface area (Å²) in [7, 11) is 1.59. The highest BCUT2D eigenvalue weighted by atomic mass is 16.6. The number of imidazole rings is 1. The zero-order valence-corrected chi connectivity index (χ0v) is 17.1. The molecule has 0 unspecified atom stereocenters. The van der Waals surface area contributed by atoms with Gasteiger partial charge in [0, 0.05) is 18.0 Å². The quantitative estimate of drug-likeness (QED) is 0.244. The molecule has 2 aromatic carbocycles. The van der Waals surface area contributed by atoms with Crippen molar-refractivity contribution in [3.8, 4) is 23.0 Å². The van der Waals surface area contributed by atoms with E-state index >= 15 is 0 Å². The molecule has 2 aromatic heterocycles. The van der Waals surface area contributed by atoms with Crippen LogP contribution >= 0.6 is 0 Å². The van der Waals surface area contributed by atoms with Crippen molar-refractivity contribution in [3.63, 3.8) is 0 Å². The molecule has 0 N–H and O–H groups in total. The number of aryl methyl sites for hydroxylation is 2. The number of ether oxygens (including phenoxy) is 2. The van der Waals surface area contributed by atoms with Crippen LogP contribution in [0.2, 0.25) is 0 Å². The summed E-state index contributed by atoms with van der Waals surface area (Å²) in [4.78, 5) is 27.1. The SMILES string of the molecule is CCOC(=O)c1c(-c2ccc(C)cc2)oc2ccc(Oc3c([N+](=O)[O-])ncn3C)cc12. The first-order valence-electron chi connectivity index (χ1n) is 9.53. The Morgan fingerprint density at radius 1 is 1.23 bits per heavy atom. The molecule has 4 aromatic rings. The highest BCUT2D eigenvalue weighted by Crippen LogP contribution is 2.38. The number of furan rings is 1. The molecule has 0 saturated heterocycles. The fourth-order valence-electron chi connectivity index (χ4n) is 3.22. The fraction of sp³-hybridized carbons (Fsp3) is 0.182. The van der Waals surface area contributed by atoms with Crippen LogP contribution in [-0.4, -0.2) is 27.1 Å². The fourth-order valence-corrected chi connectivity index (χ4v) is 3.22. The maximum absolute atomic E-state index is 12.8. The Kier molecular flexibility index (Phi) is 5.16. The van der Waals surface area contributed by atoms with E-state index in [0.29, 0.717) is 22.5 Å². The van der Waals surface area contributed by atoms with Gasteiger partial charge in [-0.05, 0) is 42.0 Å². The summed E-state index contributed by atoms with van der Waals surface area (Å²) in [5.41, 5.74) is 2.54. The highest BCUT2D eigenvalue weighted by molar-refractivity contribution is 6.09. The van der Waals surface area contributed by atoms with E-state index in [1.54, 1.807) is 32.2 Å². The van der Waals surface area contributed by atoms with Crippen molar-refractivity contribution in [2.24, 2.45) is 7.05 Å². The Hall–Kier alpha value is -4.14. The summed E-state index contributed by atoms with van der Waals surface area (Å²) >= 11 is 0. The molecule has 0 radical (unpaired) electrons. The van der Waals surface area contributed by atoms with Gasteiger partial charge in [-0.25, -0.2) is 4.79 Å². The van der Waals surface area contributed by atoms with Crippen LogP contribution in [0.4, 0.5) is 5.82 Å². The summed E-state index contributed by atoms with van der Waals surface area (Å²) in [5, 5.41) is 11.7. The van der Waals surface area contributed by atoms with Crippen LogP contribution in [0.5, 0.6) is 11.6 Å². The third-order valence-electron chi connectivity index (χ3n) is 4.71. The zero-order chi connectivity index (χ0) is 22.1. The van der Waals surface area contributed by atoms with E-state index in [0.717, 1.165) is 11.1 Å². The van der Waals surface area contributed by atoms with Gasteiger partial charge in [-0.2, -0.15) is 0 Å². The number of aromatic nitrogens is 2. The number of carbonyl (C=O) groups excluding carboxylic acids is 1. The van der Waals surface area contributed by atoms with E-state index in [9.17, 15) is 14.9 Å². The van der Waals surface area contributed by atoms with Gasteiger partial charge < -0.3 is 24.0 Å². The molecule has 0 aliphatic rings. The number of carbonyl (C=O) groups is 1. The largest absolute Gasteiger partial charge is 0.462 e. The number of nitro groups is 1. The molecule has 2 heterocycles. The molecule has 9 nitrogen and oxygen atoms in total. The maximum Gasteiger partial charge on any atom is 0.427 e. The topological polar surface area (TPSA) is 110 Å². The Bertz CT molecular complexity index is 1290. The smallest absolute Gasteiger partial charge is 0.427 e. The normalized spacial score (nSPS) is 10.9. The summed E-state index contributed by atoms with van der Waals surface area (Å²) in [6, 6.07) is 12.4. The minimum atomic E-state index is -0.620. The molecule has 158 valence electrons. The van der Waals surface area contributed by atoms with E-state index in [1.807, 2.05) is 31.2 Å². The molecule has 0 amide bonds. The lowest BCUT2D eigenvalue weighted by Crippen LogP contribution is -2.05. The standard InChI is InChI=1S/C22H19N3O6/c1-4-29-22(26)18-16-11-15(30-21-20(25(27)28)23-12-24(21)3)9-10-17(16)31-19(18)14-7-5-13(2)6-8-14/h5-12H,4H2,1-3H3. The molecule has 4 rings (SSSR count). The molecule has 9 heteroatoms. The lowest BCUT2D eigenvalue weighted by atomic mass is 10.0. The van der Waals surface area contributed by atoms with E-state index in [-0.39, 0.29) is 18.1 Å². The van der Waals surface area contributed by atoms with Crippen LogP contribution in [0.3, 0.4) is 0 Å². The number of hydrogen-bond acceptors (Lipinski definition) is 7. The Labute approximate surface area is 177 Å². The molecule has 0 aliphatic carbocycles. The molecule has 0 spiro atoms. The molecular formula is C22H19N3O6. The van der Waals surface area contributed by atoms with Gasteiger partial charge >= 0.3 is 17.7 Å². The third-order valence-corrected chi connectivity index (χ3v) is 4.71. The number of rotatable bonds is 6. The molecule has 0 saturated carbocycles. The molecular weight excluding hydrogens is 402 g/mol. The minimum Gasteiger partial charge on any atom is -0.462 e. The van der Waals surface area contributed by atoms with Gasteiger partial charge in [0.05, 0.1) is 6.61 Å². The number of benzene rings is 2. The Morgan fingerprint density at radius 2 is 1.97 bits per heavy atom. The average Bonchev–Trinajstić information content (AvgIpc) is 3.29. The predicted molar refractivity (Wildman–Crippen MR) is 112 cm³/mol. The van der Waals surface area contributed by atoms with Gasteiger partial charge in [-0.15, -0.1) is 0 Å². The average molecular weight is 421 g/mol. The second-order valence-electron chi connectivity index (χ2n) is 6.89. The van der Waals surface area contributed by atoms with Crippen LogP contribution in [0, 0.1) is 17.0 Å². The second-order valence-corrected chi connectivity index (χ2v) is 6.89. The van der Waals surface area contributed by atoms with E-state index in [1.165, 1.54) is 10.9 Å². The van der Waals surface area contributed by atoms with Crippen molar-refractivity contribution in [3.05, 3.63) is 70.0 Å². The van der Waals surface area contributed by atoms with Crippen LogP contribution in [0.25, 0.3) is 22.3 Å². The third kappa shape index (κ3) is 3.73. The Morgan fingerprint density at radius 3 is 2.65 bits per heavy atom. The zero-order valence-electron chi connectivity index (χ0n) is 17.1. The minimum absolute atomic E-state index is 0.0238. The van der Waals surface area contributed by atoms with Crippen molar-refractivity contribution < 1.29 is 23.6 Å². The molecule has 31 heavy (non-hydrogen) atoms. The second kappa shape index (κ2) is 7.94.